The van der Waals surface area contributed by atoms with Gasteiger partial charge in [0, 0.05) is 17.1 Å². The van der Waals surface area contributed by atoms with Crippen molar-refractivity contribution in [1.82, 2.24) is 4.98 Å². The molecule has 0 spiro atoms. The van der Waals surface area contributed by atoms with Crippen molar-refractivity contribution in [2.24, 2.45) is 0 Å². The first-order valence-electron chi connectivity index (χ1n) is 6.06. The van der Waals surface area contributed by atoms with E-state index in [1.807, 2.05) is 43.3 Å². The summed E-state index contributed by atoms with van der Waals surface area (Å²) in [5, 5.41) is 9.90. The van der Waals surface area contributed by atoms with Gasteiger partial charge in [-0.25, -0.2) is 4.79 Å². The van der Waals surface area contributed by atoms with Crippen LogP contribution in [-0.2, 0) is 0 Å². The molecular formula is C16H13NO2. The molecule has 2 aromatic carbocycles. The maximum atomic E-state index is 11.2. The summed E-state index contributed by atoms with van der Waals surface area (Å²) in [5.74, 6) is -0.910. The summed E-state index contributed by atoms with van der Waals surface area (Å²) >= 11 is 0. The molecule has 0 saturated carbocycles. The number of fused-ring (bicyclic) bond motifs is 1. The van der Waals surface area contributed by atoms with Gasteiger partial charge in [-0.15, -0.1) is 0 Å². The zero-order valence-electron chi connectivity index (χ0n) is 10.5. The molecule has 0 atom stereocenters. The Kier molecular flexibility index (Phi) is 2.60. The van der Waals surface area contributed by atoms with E-state index in [1.54, 1.807) is 0 Å². The number of hydrogen-bond acceptors (Lipinski definition) is 1. The Morgan fingerprint density at radius 1 is 1.11 bits per heavy atom. The van der Waals surface area contributed by atoms with Crippen LogP contribution < -0.4 is 0 Å². The van der Waals surface area contributed by atoms with Gasteiger partial charge in [0.15, 0.2) is 0 Å². The summed E-state index contributed by atoms with van der Waals surface area (Å²) in [6.07, 6.45) is 1.53. The van der Waals surface area contributed by atoms with Crippen LogP contribution in [0.5, 0.6) is 0 Å². The van der Waals surface area contributed by atoms with Gasteiger partial charge >= 0.3 is 5.97 Å². The Morgan fingerprint density at radius 2 is 1.89 bits per heavy atom. The first-order chi connectivity index (χ1) is 9.15. The van der Waals surface area contributed by atoms with Gasteiger partial charge in [0.1, 0.15) is 0 Å². The van der Waals surface area contributed by atoms with Gasteiger partial charge in [-0.1, -0.05) is 35.9 Å². The van der Waals surface area contributed by atoms with E-state index in [9.17, 15) is 4.79 Å². The lowest BCUT2D eigenvalue weighted by atomic mass is 10.0. The summed E-state index contributed by atoms with van der Waals surface area (Å²) in [6, 6.07) is 14.0. The van der Waals surface area contributed by atoms with Crippen LogP contribution in [0.1, 0.15) is 15.9 Å². The molecule has 2 N–H and O–H groups in total. The molecule has 0 fully saturated rings. The number of H-pyrrole nitrogens is 1. The third kappa shape index (κ3) is 1.99. The molecule has 94 valence electrons. The molecule has 0 saturated heterocycles. The molecule has 1 aromatic heterocycles. The number of aryl methyl sites for hydroxylation is 1. The Hall–Kier alpha value is -2.55. The standard InChI is InChI=1S/C16H13NO2/c1-10-3-2-4-11(7-10)12-5-6-15-13(8-12)14(9-17-15)16(18)19/h2-9,17H,1H3,(H,18,19). The lowest BCUT2D eigenvalue weighted by Crippen LogP contribution is -1.93. The highest BCUT2D eigenvalue weighted by atomic mass is 16.4. The van der Waals surface area contributed by atoms with Crippen LogP contribution in [0.4, 0.5) is 0 Å². The molecule has 0 aliphatic rings. The Labute approximate surface area is 110 Å². The van der Waals surface area contributed by atoms with E-state index in [0.29, 0.717) is 5.56 Å². The number of carboxylic acid groups (broad SMARTS) is 1. The minimum absolute atomic E-state index is 0.310. The molecule has 0 radical (unpaired) electrons. The zero-order chi connectivity index (χ0) is 13.4. The highest BCUT2D eigenvalue weighted by molar-refractivity contribution is 6.04. The Balaban J connectivity index is 2.20. The van der Waals surface area contributed by atoms with Crippen molar-refractivity contribution in [2.75, 3.05) is 0 Å². The fraction of sp³-hybridized carbons (Fsp3) is 0.0625. The van der Waals surface area contributed by atoms with E-state index in [1.165, 1.54) is 11.8 Å². The molecule has 19 heavy (non-hydrogen) atoms. The maximum Gasteiger partial charge on any atom is 0.337 e. The van der Waals surface area contributed by atoms with Gasteiger partial charge in [-0.2, -0.15) is 0 Å². The summed E-state index contributed by atoms with van der Waals surface area (Å²) < 4.78 is 0. The second-order valence-corrected chi connectivity index (χ2v) is 4.64. The lowest BCUT2D eigenvalue weighted by molar-refractivity contribution is 0.0699. The Morgan fingerprint density at radius 3 is 2.63 bits per heavy atom. The predicted octanol–water partition coefficient (Wildman–Crippen LogP) is 3.84. The van der Waals surface area contributed by atoms with Crippen molar-refractivity contribution in [3.63, 3.8) is 0 Å². The van der Waals surface area contributed by atoms with Crippen molar-refractivity contribution >= 4 is 16.9 Å². The van der Waals surface area contributed by atoms with Crippen LogP contribution >= 0.6 is 0 Å². The van der Waals surface area contributed by atoms with Crippen LogP contribution in [-0.4, -0.2) is 16.1 Å². The van der Waals surface area contributed by atoms with Crippen LogP contribution in [0.3, 0.4) is 0 Å². The van der Waals surface area contributed by atoms with Crippen molar-refractivity contribution in [1.29, 1.82) is 0 Å². The summed E-state index contributed by atoms with van der Waals surface area (Å²) in [6.45, 7) is 2.04. The minimum Gasteiger partial charge on any atom is -0.478 e. The second kappa shape index (κ2) is 4.28. The molecule has 3 nitrogen and oxygen atoms in total. The number of aromatic carboxylic acids is 1. The molecule has 3 rings (SSSR count). The zero-order valence-corrected chi connectivity index (χ0v) is 10.5. The largest absolute Gasteiger partial charge is 0.478 e. The van der Waals surface area contributed by atoms with Crippen LogP contribution in [0.2, 0.25) is 0 Å². The number of hydrogen-bond donors (Lipinski definition) is 2. The fourth-order valence-corrected chi connectivity index (χ4v) is 2.30. The van der Waals surface area contributed by atoms with Crippen molar-refractivity contribution in [2.45, 2.75) is 6.92 Å². The van der Waals surface area contributed by atoms with Gasteiger partial charge in [-0.05, 0) is 30.2 Å². The van der Waals surface area contributed by atoms with Gasteiger partial charge in [0.25, 0.3) is 0 Å². The van der Waals surface area contributed by atoms with E-state index in [2.05, 4.69) is 11.1 Å². The molecule has 3 heteroatoms. The number of nitrogens with one attached hydrogen (secondary N) is 1. The third-order valence-electron chi connectivity index (χ3n) is 3.26. The number of carbonyl (C=O) groups is 1. The minimum atomic E-state index is -0.910. The van der Waals surface area contributed by atoms with Gasteiger partial charge in [0.2, 0.25) is 0 Å². The fourth-order valence-electron chi connectivity index (χ4n) is 2.30. The monoisotopic (exact) mass is 251 g/mol. The second-order valence-electron chi connectivity index (χ2n) is 4.64. The first kappa shape index (κ1) is 11.5. The molecular weight excluding hydrogens is 238 g/mol. The quantitative estimate of drug-likeness (QED) is 0.727. The van der Waals surface area contributed by atoms with E-state index in [0.717, 1.165) is 22.0 Å². The van der Waals surface area contributed by atoms with Crippen molar-refractivity contribution in [3.05, 3.63) is 59.8 Å². The molecule has 1 heterocycles. The number of carboxylic acids is 1. The predicted molar refractivity (Wildman–Crippen MR) is 75.4 cm³/mol. The van der Waals surface area contributed by atoms with Crippen LogP contribution in [0, 0.1) is 6.92 Å². The highest BCUT2D eigenvalue weighted by Gasteiger charge is 2.11. The molecule has 0 bridgehead atoms. The van der Waals surface area contributed by atoms with E-state index >= 15 is 0 Å². The topological polar surface area (TPSA) is 53.1 Å². The van der Waals surface area contributed by atoms with E-state index < -0.39 is 5.97 Å². The SMILES string of the molecule is Cc1cccc(-c2ccc3[nH]cc(C(=O)O)c3c2)c1. The molecule has 0 amide bonds. The summed E-state index contributed by atoms with van der Waals surface area (Å²) in [4.78, 5) is 14.1. The van der Waals surface area contributed by atoms with Gasteiger partial charge in [0.05, 0.1) is 5.56 Å². The van der Waals surface area contributed by atoms with Crippen molar-refractivity contribution < 1.29 is 9.90 Å². The lowest BCUT2D eigenvalue weighted by Gasteiger charge is -2.03. The molecule has 0 unspecified atom stereocenters. The average molecular weight is 251 g/mol. The molecule has 0 aliphatic carbocycles. The number of aromatic nitrogens is 1. The number of benzene rings is 2. The Bertz CT molecular complexity index is 771. The van der Waals surface area contributed by atoms with Crippen molar-refractivity contribution in [3.8, 4) is 11.1 Å². The summed E-state index contributed by atoms with van der Waals surface area (Å²) in [5.41, 5.74) is 4.46. The smallest absolute Gasteiger partial charge is 0.337 e. The third-order valence-corrected chi connectivity index (χ3v) is 3.26. The first-order valence-corrected chi connectivity index (χ1v) is 6.06. The normalized spacial score (nSPS) is 10.8. The molecule has 0 aliphatic heterocycles. The van der Waals surface area contributed by atoms with E-state index in [4.69, 9.17) is 5.11 Å². The van der Waals surface area contributed by atoms with Gasteiger partial charge in [-0.3, -0.25) is 0 Å². The number of rotatable bonds is 2. The molecule has 3 aromatic rings. The average Bonchev–Trinajstić information content (AvgIpc) is 2.81. The van der Waals surface area contributed by atoms with E-state index in [-0.39, 0.29) is 0 Å². The maximum absolute atomic E-state index is 11.2. The summed E-state index contributed by atoms with van der Waals surface area (Å²) in [7, 11) is 0. The van der Waals surface area contributed by atoms with Gasteiger partial charge < -0.3 is 10.1 Å². The van der Waals surface area contributed by atoms with Crippen LogP contribution in [0.25, 0.3) is 22.0 Å². The highest BCUT2D eigenvalue weighted by Crippen LogP contribution is 2.26. The number of aromatic amines is 1. The van der Waals surface area contributed by atoms with Crippen LogP contribution in [0.15, 0.2) is 48.7 Å².